The average molecular weight is 371 g/mol. The van der Waals surface area contributed by atoms with Gasteiger partial charge in [0.25, 0.3) is 0 Å². The van der Waals surface area contributed by atoms with E-state index < -0.39 is 6.10 Å². The Morgan fingerprint density at radius 3 is 2.57 bits per heavy atom. The molecule has 2 atom stereocenters. The third-order valence-electron chi connectivity index (χ3n) is 3.45. The summed E-state index contributed by atoms with van der Waals surface area (Å²) in [6.07, 6.45) is -0.799. The number of halogens is 2. The Labute approximate surface area is 137 Å². The smallest absolute Gasteiger partial charge is 0.122 e. The van der Waals surface area contributed by atoms with Crippen LogP contribution in [0.4, 0.5) is 0 Å². The maximum absolute atomic E-state index is 10.7. The minimum atomic E-state index is -0.799. The van der Waals surface area contributed by atoms with Crippen LogP contribution in [0.25, 0.3) is 0 Å². The van der Waals surface area contributed by atoms with Crippen molar-refractivity contribution >= 4 is 27.5 Å². The lowest BCUT2D eigenvalue weighted by molar-refractivity contribution is 0.146. The maximum Gasteiger partial charge on any atom is 0.122 e. The molecule has 2 aromatic carbocycles. The summed E-state index contributed by atoms with van der Waals surface area (Å²) in [6, 6.07) is 13.0. The topological polar surface area (TPSA) is 55.5 Å². The summed E-state index contributed by atoms with van der Waals surface area (Å²) in [4.78, 5) is 0. The van der Waals surface area contributed by atoms with Gasteiger partial charge in [-0.15, -0.1) is 0 Å². The summed E-state index contributed by atoms with van der Waals surface area (Å²) >= 11 is 9.58. The number of rotatable bonds is 5. The van der Waals surface area contributed by atoms with Crippen molar-refractivity contribution in [1.82, 2.24) is 0 Å². The van der Waals surface area contributed by atoms with E-state index in [1.165, 1.54) is 0 Å². The van der Waals surface area contributed by atoms with Gasteiger partial charge in [-0.25, -0.2) is 0 Å². The van der Waals surface area contributed by atoms with Crippen LogP contribution in [0.5, 0.6) is 5.75 Å². The van der Waals surface area contributed by atoms with Crippen molar-refractivity contribution in [2.75, 3.05) is 13.7 Å². The first kappa shape index (κ1) is 16.3. The third-order valence-corrected chi connectivity index (χ3v) is 4.28. The van der Waals surface area contributed by atoms with E-state index in [1.54, 1.807) is 19.2 Å². The quantitative estimate of drug-likeness (QED) is 0.839. The molecule has 0 aliphatic rings. The molecule has 0 aliphatic heterocycles. The van der Waals surface area contributed by atoms with Crippen LogP contribution in [0.3, 0.4) is 0 Å². The highest BCUT2D eigenvalue weighted by Crippen LogP contribution is 2.38. The Bertz CT molecular complexity index is 621. The Kier molecular flexibility index (Phi) is 5.65. The molecule has 0 saturated heterocycles. The monoisotopic (exact) mass is 369 g/mol. The van der Waals surface area contributed by atoms with Crippen LogP contribution in [0.15, 0.2) is 46.9 Å². The zero-order chi connectivity index (χ0) is 15.4. The highest BCUT2D eigenvalue weighted by Gasteiger charge is 2.25. The first-order valence-corrected chi connectivity index (χ1v) is 7.71. The molecule has 5 heteroatoms. The van der Waals surface area contributed by atoms with E-state index in [2.05, 4.69) is 15.9 Å². The largest absolute Gasteiger partial charge is 0.496 e. The number of para-hydroxylation sites is 1. The number of nitrogens with two attached hydrogens (primary N) is 1. The van der Waals surface area contributed by atoms with Crippen molar-refractivity contribution in [3.63, 3.8) is 0 Å². The number of aliphatic hydroxyl groups is 1. The normalized spacial score (nSPS) is 13.8. The highest BCUT2D eigenvalue weighted by molar-refractivity contribution is 9.10. The zero-order valence-corrected chi connectivity index (χ0v) is 13.9. The van der Waals surface area contributed by atoms with E-state index in [4.69, 9.17) is 22.1 Å². The summed E-state index contributed by atoms with van der Waals surface area (Å²) in [5, 5.41) is 11.2. The van der Waals surface area contributed by atoms with E-state index in [0.29, 0.717) is 16.3 Å². The number of hydrogen-bond donors (Lipinski definition) is 2. The standard InChI is InChI=1S/C16H17BrClNO2/c1-21-15-5-3-2-4-11(15)13(9-19)16(20)12-7-6-10(17)8-14(12)18/h2-8,13,16,20H,9,19H2,1H3. The summed E-state index contributed by atoms with van der Waals surface area (Å²) < 4.78 is 6.22. The SMILES string of the molecule is COc1ccccc1C(CN)C(O)c1ccc(Br)cc1Cl. The molecule has 0 aliphatic carbocycles. The van der Waals surface area contributed by atoms with Gasteiger partial charge in [0.2, 0.25) is 0 Å². The predicted molar refractivity (Wildman–Crippen MR) is 88.9 cm³/mol. The second kappa shape index (κ2) is 7.27. The zero-order valence-electron chi connectivity index (χ0n) is 11.6. The summed E-state index contributed by atoms with van der Waals surface area (Å²) in [5.41, 5.74) is 7.40. The minimum Gasteiger partial charge on any atom is -0.496 e. The second-order valence-electron chi connectivity index (χ2n) is 4.69. The van der Waals surface area contributed by atoms with E-state index in [0.717, 1.165) is 10.0 Å². The lowest BCUT2D eigenvalue weighted by Gasteiger charge is -2.24. The number of methoxy groups -OCH3 is 1. The lowest BCUT2D eigenvalue weighted by atomic mass is 9.88. The van der Waals surface area contributed by atoms with Crippen LogP contribution in [0, 0.1) is 0 Å². The molecule has 0 saturated carbocycles. The second-order valence-corrected chi connectivity index (χ2v) is 6.02. The van der Waals surface area contributed by atoms with Gasteiger partial charge in [-0.1, -0.05) is 51.8 Å². The lowest BCUT2D eigenvalue weighted by Crippen LogP contribution is -2.21. The third kappa shape index (κ3) is 3.58. The molecule has 0 bridgehead atoms. The molecule has 21 heavy (non-hydrogen) atoms. The molecule has 3 nitrogen and oxygen atoms in total. The van der Waals surface area contributed by atoms with Gasteiger partial charge in [-0.2, -0.15) is 0 Å². The highest BCUT2D eigenvalue weighted by atomic mass is 79.9. The Morgan fingerprint density at radius 1 is 1.24 bits per heavy atom. The Hall–Kier alpha value is -1.07. The van der Waals surface area contributed by atoms with Crippen LogP contribution in [-0.2, 0) is 0 Å². The summed E-state index contributed by atoms with van der Waals surface area (Å²) in [7, 11) is 1.60. The Morgan fingerprint density at radius 2 is 1.95 bits per heavy atom. The molecule has 0 radical (unpaired) electrons. The molecule has 0 spiro atoms. The van der Waals surface area contributed by atoms with Crippen molar-refractivity contribution in [2.45, 2.75) is 12.0 Å². The van der Waals surface area contributed by atoms with Crippen molar-refractivity contribution in [3.8, 4) is 5.75 Å². The molecule has 0 fully saturated rings. The predicted octanol–water partition coefficient (Wildman–Crippen LogP) is 3.89. The molecule has 0 amide bonds. The van der Waals surface area contributed by atoms with E-state index in [1.807, 2.05) is 30.3 Å². The van der Waals surface area contributed by atoms with Gasteiger partial charge in [0.1, 0.15) is 5.75 Å². The molecule has 3 N–H and O–H groups in total. The summed E-state index contributed by atoms with van der Waals surface area (Å²) in [5.74, 6) is 0.417. The fraction of sp³-hybridized carbons (Fsp3) is 0.250. The van der Waals surface area contributed by atoms with Gasteiger partial charge < -0.3 is 15.6 Å². The molecule has 0 aromatic heterocycles. The molecular weight excluding hydrogens is 354 g/mol. The fourth-order valence-electron chi connectivity index (χ4n) is 2.36. The van der Waals surface area contributed by atoms with Gasteiger partial charge in [0, 0.05) is 27.5 Å². The molecule has 0 heterocycles. The van der Waals surface area contributed by atoms with Crippen LogP contribution >= 0.6 is 27.5 Å². The first-order chi connectivity index (χ1) is 10.1. The van der Waals surface area contributed by atoms with Gasteiger partial charge in [-0.05, 0) is 23.8 Å². The van der Waals surface area contributed by atoms with Crippen molar-refractivity contribution in [2.24, 2.45) is 5.73 Å². The van der Waals surface area contributed by atoms with Gasteiger partial charge in [-0.3, -0.25) is 0 Å². The minimum absolute atomic E-state index is 0.286. The van der Waals surface area contributed by atoms with Crippen LogP contribution in [0.2, 0.25) is 5.02 Å². The van der Waals surface area contributed by atoms with Crippen LogP contribution in [0.1, 0.15) is 23.1 Å². The molecule has 2 rings (SSSR count). The van der Waals surface area contributed by atoms with Crippen molar-refractivity contribution in [3.05, 3.63) is 63.1 Å². The van der Waals surface area contributed by atoms with Gasteiger partial charge in [0.15, 0.2) is 0 Å². The maximum atomic E-state index is 10.7. The van der Waals surface area contributed by atoms with E-state index in [9.17, 15) is 5.11 Å². The molecule has 2 aromatic rings. The number of benzene rings is 2. The first-order valence-electron chi connectivity index (χ1n) is 6.54. The summed E-state index contributed by atoms with van der Waals surface area (Å²) in [6.45, 7) is 0.286. The number of ether oxygens (including phenoxy) is 1. The van der Waals surface area contributed by atoms with E-state index >= 15 is 0 Å². The van der Waals surface area contributed by atoms with Crippen LogP contribution in [-0.4, -0.2) is 18.8 Å². The molecule has 2 unspecified atom stereocenters. The average Bonchev–Trinajstić information content (AvgIpc) is 2.48. The van der Waals surface area contributed by atoms with Gasteiger partial charge >= 0.3 is 0 Å². The number of hydrogen-bond acceptors (Lipinski definition) is 3. The Balaban J connectivity index is 2.40. The fourth-order valence-corrected chi connectivity index (χ4v) is 3.14. The van der Waals surface area contributed by atoms with Crippen LogP contribution < -0.4 is 10.5 Å². The molecule has 112 valence electrons. The number of aliphatic hydroxyl groups excluding tert-OH is 1. The van der Waals surface area contributed by atoms with E-state index in [-0.39, 0.29) is 12.5 Å². The van der Waals surface area contributed by atoms with Crippen molar-refractivity contribution < 1.29 is 9.84 Å². The molecular formula is C16H17BrClNO2. The van der Waals surface area contributed by atoms with Crippen molar-refractivity contribution in [1.29, 1.82) is 0 Å². The van der Waals surface area contributed by atoms with Gasteiger partial charge in [0.05, 0.1) is 13.2 Å².